The van der Waals surface area contributed by atoms with Crippen LogP contribution in [0, 0.1) is 0 Å². The van der Waals surface area contributed by atoms with E-state index in [1.807, 2.05) is 18.2 Å². The molecule has 0 spiro atoms. The van der Waals surface area contributed by atoms with Gasteiger partial charge in [-0.05, 0) is 66.7 Å². The highest BCUT2D eigenvalue weighted by molar-refractivity contribution is 6.26. The summed E-state index contributed by atoms with van der Waals surface area (Å²) in [6.07, 6.45) is 0. The van der Waals surface area contributed by atoms with Crippen LogP contribution in [0.1, 0.15) is 0 Å². The number of benzene rings is 9. The number of hydrogen-bond acceptors (Lipinski definition) is 3. The summed E-state index contributed by atoms with van der Waals surface area (Å²) in [7, 11) is 0. The van der Waals surface area contributed by atoms with Crippen LogP contribution >= 0.6 is 0 Å². The van der Waals surface area contributed by atoms with E-state index in [0.717, 1.165) is 88.0 Å². The summed E-state index contributed by atoms with van der Waals surface area (Å²) in [6, 6.07) is 75.4. The van der Waals surface area contributed by atoms with Crippen LogP contribution in [0.3, 0.4) is 0 Å². The minimum Gasteiger partial charge on any atom is -0.309 e. The first-order valence-corrected chi connectivity index (χ1v) is 21.6. The fourth-order valence-electron chi connectivity index (χ4n) is 10.3. The molecule has 7 heteroatoms. The molecular formula is C57H35N7. The maximum atomic E-state index is 5.53. The lowest BCUT2D eigenvalue weighted by Gasteiger charge is -2.13. The van der Waals surface area contributed by atoms with E-state index in [2.05, 4.69) is 212 Å². The van der Waals surface area contributed by atoms with Gasteiger partial charge in [0.05, 0.1) is 44.1 Å². The van der Waals surface area contributed by atoms with Gasteiger partial charge >= 0.3 is 0 Å². The average molecular weight is 818 g/mol. The highest BCUT2D eigenvalue weighted by atomic mass is 15.3. The molecule has 14 rings (SSSR count). The highest BCUT2D eigenvalue weighted by Gasteiger charge is 2.25. The minimum atomic E-state index is 0.546. The van der Waals surface area contributed by atoms with Crippen molar-refractivity contribution in [3.8, 4) is 34.7 Å². The first-order chi connectivity index (χ1) is 31.8. The summed E-state index contributed by atoms with van der Waals surface area (Å²) < 4.78 is 9.25. The summed E-state index contributed by atoms with van der Waals surface area (Å²) in [5.41, 5.74) is 11.8. The third kappa shape index (κ3) is 4.89. The molecule has 0 saturated carbocycles. The van der Waals surface area contributed by atoms with Crippen LogP contribution < -0.4 is 0 Å². The quantitative estimate of drug-likeness (QED) is 0.174. The van der Waals surface area contributed by atoms with Gasteiger partial charge in [-0.15, -0.1) is 0 Å². The Morgan fingerprint density at radius 2 is 0.688 bits per heavy atom. The van der Waals surface area contributed by atoms with Gasteiger partial charge in [0.1, 0.15) is 0 Å². The predicted molar refractivity (Wildman–Crippen MR) is 263 cm³/mol. The van der Waals surface area contributed by atoms with E-state index in [-0.39, 0.29) is 0 Å². The molecular weight excluding hydrogens is 783 g/mol. The van der Waals surface area contributed by atoms with Gasteiger partial charge in [-0.2, -0.15) is 15.0 Å². The molecule has 5 aromatic heterocycles. The van der Waals surface area contributed by atoms with Crippen molar-refractivity contribution < 1.29 is 0 Å². The summed E-state index contributed by atoms with van der Waals surface area (Å²) in [5, 5.41) is 9.27. The van der Waals surface area contributed by atoms with Crippen molar-refractivity contribution in [2.45, 2.75) is 0 Å². The van der Waals surface area contributed by atoms with Crippen LogP contribution in [0.15, 0.2) is 212 Å². The number of fused-ring (bicyclic) bond motifs is 13. The van der Waals surface area contributed by atoms with Crippen molar-refractivity contribution in [3.63, 3.8) is 0 Å². The molecule has 0 aliphatic heterocycles. The Bertz CT molecular complexity index is 4180. The lowest BCUT2D eigenvalue weighted by atomic mass is 10.1. The molecule has 0 bridgehead atoms. The number of hydrogen-bond donors (Lipinski definition) is 0. The summed E-state index contributed by atoms with van der Waals surface area (Å²) >= 11 is 0. The smallest absolute Gasteiger partial charge is 0.240 e. The molecule has 298 valence electrons. The first-order valence-electron chi connectivity index (χ1n) is 21.6. The third-order valence-electron chi connectivity index (χ3n) is 13.0. The SMILES string of the molecule is c1ccc(-c2nc(-n3c4ccccc4c4cc5c(cc43)c3ccccc3n5-c3ccccc3)nc(-n3c4ccccc4c4c3ccc3c5ccccc5n(-c5ccccc5)c34)n2)cc1. The van der Waals surface area contributed by atoms with Crippen LogP contribution in [-0.4, -0.2) is 33.2 Å². The molecule has 0 atom stereocenters. The Balaban J connectivity index is 1.10. The van der Waals surface area contributed by atoms with Gasteiger partial charge < -0.3 is 9.13 Å². The van der Waals surface area contributed by atoms with Crippen molar-refractivity contribution >= 4 is 87.2 Å². The fourth-order valence-corrected chi connectivity index (χ4v) is 10.3. The van der Waals surface area contributed by atoms with Crippen molar-refractivity contribution in [2.75, 3.05) is 0 Å². The molecule has 0 amide bonds. The first kappa shape index (κ1) is 34.9. The molecule has 14 aromatic rings. The molecule has 7 nitrogen and oxygen atoms in total. The zero-order chi connectivity index (χ0) is 41.9. The van der Waals surface area contributed by atoms with Gasteiger partial charge in [-0.25, -0.2) is 0 Å². The second kappa shape index (κ2) is 13.3. The highest BCUT2D eigenvalue weighted by Crippen LogP contribution is 2.43. The number of para-hydroxylation sites is 6. The zero-order valence-electron chi connectivity index (χ0n) is 34.3. The van der Waals surface area contributed by atoms with Crippen molar-refractivity contribution in [3.05, 3.63) is 212 Å². The van der Waals surface area contributed by atoms with Gasteiger partial charge in [0.2, 0.25) is 11.9 Å². The number of nitrogens with zero attached hydrogens (tertiary/aromatic N) is 7. The lowest BCUT2D eigenvalue weighted by molar-refractivity contribution is 0.893. The van der Waals surface area contributed by atoms with E-state index in [4.69, 9.17) is 15.0 Å². The van der Waals surface area contributed by atoms with E-state index in [9.17, 15) is 0 Å². The minimum absolute atomic E-state index is 0.546. The Labute approximate surface area is 366 Å². The van der Waals surface area contributed by atoms with Crippen LogP contribution in [-0.2, 0) is 0 Å². The normalized spacial score (nSPS) is 12.1. The Kier molecular flexibility index (Phi) is 7.27. The summed E-state index contributed by atoms with van der Waals surface area (Å²) in [4.78, 5) is 16.3. The van der Waals surface area contributed by atoms with Crippen molar-refractivity contribution in [1.82, 2.24) is 33.2 Å². The van der Waals surface area contributed by atoms with E-state index in [1.165, 1.54) is 16.2 Å². The van der Waals surface area contributed by atoms with Gasteiger partial charge in [-0.1, -0.05) is 146 Å². The van der Waals surface area contributed by atoms with Gasteiger partial charge in [0.25, 0.3) is 0 Å². The Hall–Kier alpha value is -8.81. The molecule has 5 heterocycles. The second-order valence-electron chi connectivity index (χ2n) is 16.4. The van der Waals surface area contributed by atoms with Crippen molar-refractivity contribution in [1.29, 1.82) is 0 Å². The molecule has 0 saturated heterocycles. The fraction of sp³-hybridized carbons (Fsp3) is 0. The number of aromatic nitrogens is 7. The van der Waals surface area contributed by atoms with Gasteiger partial charge in [-0.3, -0.25) is 9.13 Å². The van der Waals surface area contributed by atoms with Crippen LogP contribution in [0.2, 0.25) is 0 Å². The average Bonchev–Trinajstić information content (AvgIpc) is 4.09. The zero-order valence-corrected chi connectivity index (χ0v) is 34.3. The van der Waals surface area contributed by atoms with E-state index < -0.39 is 0 Å². The molecule has 0 N–H and O–H groups in total. The van der Waals surface area contributed by atoms with Crippen LogP contribution in [0.4, 0.5) is 0 Å². The Morgan fingerprint density at radius 1 is 0.266 bits per heavy atom. The van der Waals surface area contributed by atoms with Gasteiger partial charge in [0.15, 0.2) is 5.82 Å². The molecule has 0 aliphatic carbocycles. The summed E-state index contributed by atoms with van der Waals surface area (Å²) in [6.45, 7) is 0. The topological polar surface area (TPSA) is 58.4 Å². The molecule has 0 radical (unpaired) electrons. The predicted octanol–water partition coefficient (Wildman–Crippen LogP) is 13.9. The van der Waals surface area contributed by atoms with E-state index in [1.54, 1.807) is 0 Å². The second-order valence-corrected chi connectivity index (χ2v) is 16.4. The monoisotopic (exact) mass is 817 g/mol. The van der Waals surface area contributed by atoms with Crippen LogP contribution in [0.25, 0.3) is 122 Å². The van der Waals surface area contributed by atoms with Gasteiger partial charge in [0, 0.05) is 60.0 Å². The van der Waals surface area contributed by atoms with Crippen molar-refractivity contribution in [2.24, 2.45) is 0 Å². The maximum absolute atomic E-state index is 5.53. The largest absolute Gasteiger partial charge is 0.309 e. The molecule has 64 heavy (non-hydrogen) atoms. The molecule has 0 unspecified atom stereocenters. The summed E-state index contributed by atoms with van der Waals surface area (Å²) in [5.74, 6) is 1.69. The maximum Gasteiger partial charge on any atom is 0.240 e. The Morgan fingerprint density at radius 3 is 1.28 bits per heavy atom. The number of rotatable bonds is 5. The standard InChI is InChI=1S/C57H35N7/c1-4-18-36(19-5-1)55-58-56(63-49-31-17-13-27-43(49)53-50(63)33-32-42-39-24-10-15-29-47(39)62(54(42)53)38-22-8-3-9-23-38)60-57(59-55)64-48-30-16-12-26-41(48)45-34-51-44(35-52(45)64)40-25-11-14-28-46(40)61(51)37-20-6-2-7-21-37/h1-35H. The molecule has 0 fully saturated rings. The molecule has 9 aromatic carbocycles. The van der Waals surface area contributed by atoms with E-state index >= 15 is 0 Å². The third-order valence-corrected chi connectivity index (χ3v) is 13.0. The lowest BCUT2D eigenvalue weighted by Crippen LogP contribution is -2.10. The molecule has 0 aliphatic rings. The van der Waals surface area contributed by atoms with E-state index in [0.29, 0.717) is 17.7 Å². The van der Waals surface area contributed by atoms with Crippen LogP contribution in [0.5, 0.6) is 0 Å².